The van der Waals surface area contributed by atoms with Crippen molar-refractivity contribution in [2.24, 2.45) is 0 Å². The molecule has 24 heavy (non-hydrogen) atoms. The number of methoxy groups -OCH3 is 1. The van der Waals surface area contributed by atoms with Crippen LogP contribution in [-0.4, -0.2) is 33.1 Å². The van der Waals surface area contributed by atoms with Crippen molar-refractivity contribution in [3.8, 4) is 5.75 Å². The zero-order valence-electron chi connectivity index (χ0n) is 13.5. The second-order valence-corrected chi connectivity index (χ2v) is 6.92. The number of para-hydroxylation sites is 2. The molecule has 128 valence electrons. The lowest BCUT2D eigenvalue weighted by molar-refractivity contribution is -0.136. The summed E-state index contributed by atoms with van der Waals surface area (Å²) < 4.78 is 32.4. The summed E-state index contributed by atoms with van der Waals surface area (Å²) in [6, 6.07) is 12.8. The normalized spacial score (nSPS) is 11.1. The van der Waals surface area contributed by atoms with Crippen molar-refractivity contribution in [1.29, 1.82) is 0 Å². The molecule has 0 heterocycles. The van der Waals surface area contributed by atoms with Crippen molar-refractivity contribution in [3.05, 3.63) is 54.1 Å². The van der Waals surface area contributed by atoms with Crippen LogP contribution in [0.5, 0.6) is 5.75 Å². The molecule has 0 bridgehead atoms. The summed E-state index contributed by atoms with van der Waals surface area (Å²) in [6.07, 6.45) is -0.148. The van der Waals surface area contributed by atoms with E-state index >= 15 is 0 Å². The number of carboxylic acid groups (broad SMARTS) is 1. The van der Waals surface area contributed by atoms with Gasteiger partial charge in [-0.1, -0.05) is 24.3 Å². The first kappa shape index (κ1) is 17.8. The van der Waals surface area contributed by atoms with Gasteiger partial charge in [-0.15, -0.1) is 0 Å². The van der Waals surface area contributed by atoms with Gasteiger partial charge in [0.05, 0.1) is 24.1 Å². The molecular formula is C17H19NO5S. The summed E-state index contributed by atoms with van der Waals surface area (Å²) in [6.45, 7) is 1.97. The highest BCUT2D eigenvalue weighted by Crippen LogP contribution is 2.31. The van der Waals surface area contributed by atoms with Crippen LogP contribution in [0.4, 0.5) is 5.69 Å². The molecule has 0 saturated heterocycles. The zero-order chi connectivity index (χ0) is 17.7. The number of sulfonamides is 1. The fourth-order valence-corrected chi connectivity index (χ4v) is 3.87. The van der Waals surface area contributed by atoms with Crippen LogP contribution in [-0.2, 0) is 21.2 Å². The lowest BCUT2D eigenvalue weighted by Crippen LogP contribution is -2.31. The molecule has 0 unspecified atom stereocenters. The molecule has 1 N–H and O–H groups in total. The van der Waals surface area contributed by atoms with E-state index in [1.165, 1.54) is 35.7 Å². The summed E-state index contributed by atoms with van der Waals surface area (Å²) in [7, 11) is -2.29. The van der Waals surface area contributed by atoms with Crippen LogP contribution in [0.2, 0.25) is 0 Å². The lowest BCUT2D eigenvalue weighted by Gasteiger charge is -2.24. The van der Waals surface area contributed by atoms with E-state index in [9.17, 15) is 13.2 Å². The Bertz CT molecular complexity index is 815. The maximum atomic E-state index is 12.9. The maximum Gasteiger partial charge on any atom is 0.307 e. The molecule has 0 fully saturated rings. The number of ether oxygens (including phenoxy) is 1. The fraction of sp³-hybridized carbons (Fsp3) is 0.235. The highest BCUT2D eigenvalue weighted by Gasteiger charge is 2.25. The van der Waals surface area contributed by atoms with Crippen LogP contribution < -0.4 is 9.04 Å². The van der Waals surface area contributed by atoms with E-state index in [2.05, 4.69) is 0 Å². The molecule has 0 spiro atoms. The Kier molecular flexibility index (Phi) is 5.46. The number of anilines is 1. The second-order valence-electron chi connectivity index (χ2n) is 5.06. The number of carboxylic acids is 1. The molecule has 2 aromatic rings. The van der Waals surface area contributed by atoms with Gasteiger partial charge in [-0.2, -0.15) is 0 Å². The third kappa shape index (κ3) is 3.68. The number of benzene rings is 2. The van der Waals surface area contributed by atoms with E-state index in [0.717, 1.165) is 0 Å². The van der Waals surface area contributed by atoms with Gasteiger partial charge in [0.15, 0.2) is 0 Å². The predicted octanol–water partition coefficient (Wildman–Crippen LogP) is 2.54. The molecule has 0 aliphatic heterocycles. The van der Waals surface area contributed by atoms with Gasteiger partial charge in [-0.25, -0.2) is 8.42 Å². The third-order valence-electron chi connectivity index (χ3n) is 3.51. The van der Waals surface area contributed by atoms with Crippen molar-refractivity contribution in [3.63, 3.8) is 0 Å². The van der Waals surface area contributed by atoms with Crippen molar-refractivity contribution < 1.29 is 23.1 Å². The van der Waals surface area contributed by atoms with Crippen LogP contribution in [0.1, 0.15) is 12.5 Å². The molecular weight excluding hydrogens is 330 g/mol. The van der Waals surface area contributed by atoms with Gasteiger partial charge < -0.3 is 9.84 Å². The molecule has 0 amide bonds. The van der Waals surface area contributed by atoms with E-state index in [1.54, 1.807) is 31.2 Å². The van der Waals surface area contributed by atoms with Crippen LogP contribution in [0, 0.1) is 0 Å². The van der Waals surface area contributed by atoms with Gasteiger partial charge in [0.1, 0.15) is 5.75 Å². The molecule has 2 aromatic carbocycles. The highest BCUT2D eigenvalue weighted by molar-refractivity contribution is 7.92. The summed E-state index contributed by atoms with van der Waals surface area (Å²) in [5.41, 5.74) is 0.999. The minimum atomic E-state index is -3.78. The van der Waals surface area contributed by atoms with Crippen molar-refractivity contribution in [2.45, 2.75) is 18.2 Å². The van der Waals surface area contributed by atoms with Gasteiger partial charge in [-0.3, -0.25) is 9.10 Å². The number of rotatable bonds is 7. The summed E-state index contributed by atoms with van der Waals surface area (Å²) >= 11 is 0. The van der Waals surface area contributed by atoms with E-state index in [1.807, 2.05) is 0 Å². The van der Waals surface area contributed by atoms with E-state index in [4.69, 9.17) is 9.84 Å². The minimum Gasteiger partial charge on any atom is -0.495 e. The average Bonchev–Trinajstić information content (AvgIpc) is 2.55. The maximum absolute atomic E-state index is 12.9. The van der Waals surface area contributed by atoms with Crippen molar-refractivity contribution in [2.75, 3.05) is 18.0 Å². The van der Waals surface area contributed by atoms with Crippen LogP contribution in [0.15, 0.2) is 53.4 Å². The molecule has 0 aliphatic carbocycles. The first-order valence-corrected chi connectivity index (χ1v) is 8.80. The van der Waals surface area contributed by atoms with Gasteiger partial charge >= 0.3 is 5.97 Å². The zero-order valence-corrected chi connectivity index (χ0v) is 14.3. The van der Waals surface area contributed by atoms with Crippen molar-refractivity contribution >= 4 is 21.7 Å². The smallest absolute Gasteiger partial charge is 0.307 e. The number of carbonyl (C=O) groups is 1. The van der Waals surface area contributed by atoms with Gasteiger partial charge in [0, 0.05) is 6.54 Å². The predicted molar refractivity (Wildman–Crippen MR) is 91.0 cm³/mol. The lowest BCUT2D eigenvalue weighted by atomic mass is 10.2. The number of hydrogen-bond donors (Lipinski definition) is 1. The van der Waals surface area contributed by atoms with E-state index < -0.39 is 16.0 Å². The number of aliphatic carboxylic acids is 1. The van der Waals surface area contributed by atoms with Gasteiger partial charge in [-0.05, 0) is 36.8 Å². The molecule has 7 heteroatoms. The average molecular weight is 349 g/mol. The third-order valence-corrected chi connectivity index (χ3v) is 5.41. The SMILES string of the molecule is CCN(c1ccccc1OC)S(=O)(=O)c1ccc(CC(=O)O)cc1. The van der Waals surface area contributed by atoms with Gasteiger partial charge in [0.2, 0.25) is 0 Å². The first-order valence-electron chi connectivity index (χ1n) is 7.36. The summed E-state index contributed by atoms with van der Waals surface area (Å²) in [5, 5.41) is 8.79. The topological polar surface area (TPSA) is 83.9 Å². The summed E-state index contributed by atoms with van der Waals surface area (Å²) in [4.78, 5) is 10.8. The molecule has 0 radical (unpaired) electrons. The molecule has 0 aliphatic rings. The Morgan fingerprint density at radius 2 is 1.75 bits per heavy atom. The first-order chi connectivity index (χ1) is 11.4. The molecule has 0 aromatic heterocycles. The monoisotopic (exact) mass is 349 g/mol. The molecule has 6 nitrogen and oxygen atoms in total. The fourth-order valence-electron chi connectivity index (χ4n) is 2.39. The Labute approximate surface area is 141 Å². The number of nitrogens with zero attached hydrogens (tertiary/aromatic N) is 1. The Hall–Kier alpha value is -2.54. The van der Waals surface area contributed by atoms with Crippen LogP contribution >= 0.6 is 0 Å². The number of hydrogen-bond acceptors (Lipinski definition) is 4. The largest absolute Gasteiger partial charge is 0.495 e. The molecule has 0 saturated carbocycles. The standard InChI is InChI=1S/C17H19NO5S/c1-3-18(15-6-4-5-7-16(15)23-2)24(21,22)14-10-8-13(9-11-14)12-17(19)20/h4-11H,3,12H2,1-2H3,(H,19,20). The van der Waals surface area contributed by atoms with Crippen molar-refractivity contribution in [1.82, 2.24) is 0 Å². The summed E-state index contributed by atoms with van der Waals surface area (Å²) in [5.74, 6) is -0.500. The molecule has 2 rings (SSSR count). The van der Waals surface area contributed by atoms with E-state index in [-0.39, 0.29) is 17.9 Å². The Morgan fingerprint density at radius 1 is 1.12 bits per heavy atom. The quantitative estimate of drug-likeness (QED) is 0.830. The van der Waals surface area contributed by atoms with Gasteiger partial charge in [0.25, 0.3) is 10.0 Å². The van der Waals surface area contributed by atoms with Crippen LogP contribution in [0.3, 0.4) is 0 Å². The highest BCUT2D eigenvalue weighted by atomic mass is 32.2. The van der Waals surface area contributed by atoms with Crippen LogP contribution in [0.25, 0.3) is 0 Å². The second kappa shape index (κ2) is 7.35. The van der Waals surface area contributed by atoms with E-state index in [0.29, 0.717) is 17.0 Å². The Morgan fingerprint density at radius 3 is 2.29 bits per heavy atom. The molecule has 0 atom stereocenters. The Balaban J connectivity index is 2.41. The minimum absolute atomic E-state index is 0.101.